The van der Waals surface area contributed by atoms with Crippen LogP contribution in [0.5, 0.6) is 0 Å². The summed E-state index contributed by atoms with van der Waals surface area (Å²) < 4.78 is 8.44. The Morgan fingerprint density at radius 3 is 2.69 bits per heavy atom. The highest BCUT2D eigenvalue weighted by Gasteiger charge is 2.17. The van der Waals surface area contributed by atoms with E-state index in [4.69, 9.17) is 16.3 Å². The maximum Gasteiger partial charge on any atom is 0.358 e. The lowest BCUT2D eigenvalue weighted by Gasteiger charge is -2.08. The number of hydrogen-bond donors (Lipinski definition) is 0. The van der Waals surface area contributed by atoms with E-state index >= 15 is 0 Å². The number of ether oxygens (including phenoxy) is 1. The van der Waals surface area contributed by atoms with Gasteiger partial charge in [-0.25, -0.2) is 19.4 Å². The maximum absolute atomic E-state index is 12.6. The molecule has 0 N–H and O–H groups in total. The molecular weight excluding hydrogens is 414 g/mol. The minimum Gasteiger partial charge on any atom is -0.454 e. The first-order chi connectivity index (χ1) is 13.8. The number of nitrogens with zero attached hydrogens (tertiary/aromatic N) is 5. The highest BCUT2D eigenvalue weighted by Crippen LogP contribution is 2.19. The van der Waals surface area contributed by atoms with Crippen molar-refractivity contribution in [2.45, 2.75) is 27.4 Å². The quantitative estimate of drug-likeness (QED) is 0.462. The molecule has 0 unspecified atom stereocenters. The van der Waals surface area contributed by atoms with Crippen molar-refractivity contribution in [1.82, 2.24) is 24.1 Å². The molecule has 0 saturated carbocycles. The van der Waals surface area contributed by atoms with Gasteiger partial charge in [-0.15, -0.1) is 11.3 Å². The van der Waals surface area contributed by atoms with Crippen LogP contribution in [0.25, 0.3) is 10.8 Å². The molecule has 0 aliphatic carbocycles. The Kier molecular flexibility index (Phi) is 4.93. The fourth-order valence-electron chi connectivity index (χ4n) is 2.94. The number of pyridine rings is 1. The van der Waals surface area contributed by atoms with Gasteiger partial charge in [0.05, 0.1) is 16.4 Å². The van der Waals surface area contributed by atoms with Crippen molar-refractivity contribution in [3.05, 3.63) is 73.5 Å². The molecule has 10 heteroatoms. The number of halogens is 1. The van der Waals surface area contributed by atoms with Gasteiger partial charge in [-0.3, -0.25) is 9.20 Å². The zero-order chi connectivity index (χ0) is 20.7. The van der Waals surface area contributed by atoms with E-state index < -0.39 is 5.97 Å². The summed E-state index contributed by atoms with van der Waals surface area (Å²) in [4.78, 5) is 34.0. The summed E-state index contributed by atoms with van der Waals surface area (Å²) in [6.07, 6.45) is 0. The van der Waals surface area contributed by atoms with E-state index in [0.717, 1.165) is 17.1 Å². The minimum absolute atomic E-state index is 0.0264. The average Bonchev–Trinajstić information content (AvgIpc) is 3.22. The molecule has 4 heterocycles. The van der Waals surface area contributed by atoms with Crippen molar-refractivity contribution in [2.24, 2.45) is 0 Å². The molecule has 8 nitrogen and oxygen atoms in total. The molecule has 0 aliphatic heterocycles. The molecule has 0 spiro atoms. The monoisotopic (exact) mass is 429 g/mol. The van der Waals surface area contributed by atoms with Crippen LogP contribution in [0.1, 0.15) is 33.3 Å². The second-order valence-electron chi connectivity index (χ2n) is 6.50. The number of rotatable bonds is 4. The summed E-state index contributed by atoms with van der Waals surface area (Å²) in [7, 11) is 0. The lowest BCUT2D eigenvalue weighted by atomic mass is 10.3. The zero-order valence-electron chi connectivity index (χ0n) is 15.8. The van der Waals surface area contributed by atoms with Crippen molar-refractivity contribution in [2.75, 3.05) is 0 Å². The second kappa shape index (κ2) is 7.41. The Morgan fingerprint density at radius 1 is 1.17 bits per heavy atom. The smallest absolute Gasteiger partial charge is 0.358 e. The highest BCUT2D eigenvalue weighted by atomic mass is 35.5. The van der Waals surface area contributed by atoms with Gasteiger partial charge in [-0.05, 0) is 39.0 Å². The van der Waals surface area contributed by atoms with Crippen LogP contribution in [0.4, 0.5) is 0 Å². The Bertz CT molecular complexity index is 1310. The van der Waals surface area contributed by atoms with Gasteiger partial charge in [0.25, 0.3) is 5.56 Å². The molecule has 4 aromatic heterocycles. The average molecular weight is 430 g/mol. The number of aromatic nitrogens is 5. The number of thiazole rings is 1. The number of esters is 1. The van der Waals surface area contributed by atoms with Gasteiger partial charge in [0.1, 0.15) is 6.61 Å². The van der Waals surface area contributed by atoms with Gasteiger partial charge in [0.15, 0.2) is 16.5 Å². The molecule has 0 fully saturated rings. The maximum atomic E-state index is 12.6. The number of hydrogen-bond acceptors (Lipinski definition) is 7. The number of aryl methyl sites for hydroxylation is 3. The Labute approximate surface area is 174 Å². The highest BCUT2D eigenvalue weighted by molar-refractivity contribution is 7.15. The SMILES string of the molecule is Cc1cc(C)n(-c2ccc(Cl)c(C(=O)OCc3cc(=O)n4c(C)csc4n3)n2)n1. The molecule has 0 atom stereocenters. The number of carbonyl (C=O) groups excluding carboxylic acids is 1. The van der Waals surface area contributed by atoms with E-state index in [1.807, 2.05) is 32.2 Å². The number of carbonyl (C=O) groups is 1. The second-order valence-corrected chi connectivity index (χ2v) is 7.74. The third-order valence-corrected chi connectivity index (χ3v) is 5.48. The third-order valence-electron chi connectivity index (χ3n) is 4.23. The summed E-state index contributed by atoms with van der Waals surface area (Å²) >= 11 is 7.50. The molecular formula is C19H16ClN5O3S. The predicted octanol–water partition coefficient (Wildman–Crippen LogP) is 3.27. The summed E-state index contributed by atoms with van der Waals surface area (Å²) in [6.45, 7) is 5.43. The normalized spacial score (nSPS) is 11.2. The Balaban J connectivity index is 1.58. The van der Waals surface area contributed by atoms with Crippen molar-refractivity contribution >= 4 is 33.9 Å². The van der Waals surface area contributed by atoms with Crippen LogP contribution in [0.3, 0.4) is 0 Å². The largest absolute Gasteiger partial charge is 0.454 e. The van der Waals surface area contributed by atoms with E-state index in [1.165, 1.54) is 21.8 Å². The van der Waals surface area contributed by atoms with Crippen LogP contribution >= 0.6 is 22.9 Å². The predicted molar refractivity (Wildman–Crippen MR) is 109 cm³/mol. The van der Waals surface area contributed by atoms with Gasteiger partial charge < -0.3 is 4.74 Å². The molecule has 0 saturated heterocycles. The fraction of sp³-hybridized carbons (Fsp3) is 0.211. The summed E-state index contributed by atoms with van der Waals surface area (Å²) in [5.74, 6) is -0.249. The van der Waals surface area contributed by atoms with Crippen LogP contribution in [0.15, 0.2) is 34.4 Å². The standard InChI is InChI=1S/C19H16ClN5O3S/c1-10-6-11(2)25(23-10)15-5-4-14(20)17(22-15)18(27)28-8-13-7-16(26)24-12(3)9-29-19(24)21-13/h4-7,9H,8H2,1-3H3. The molecule has 0 radical (unpaired) electrons. The van der Waals surface area contributed by atoms with Crippen LogP contribution in [-0.4, -0.2) is 30.1 Å². The lowest BCUT2D eigenvalue weighted by molar-refractivity contribution is 0.0461. The van der Waals surface area contributed by atoms with E-state index in [-0.39, 0.29) is 22.9 Å². The van der Waals surface area contributed by atoms with Crippen molar-refractivity contribution in [3.8, 4) is 5.82 Å². The van der Waals surface area contributed by atoms with Crippen molar-refractivity contribution < 1.29 is 9.53 Å². The summed E-state index contributed by atoms with van der Waals surface area (Å²) in [5, 5.41) is 6.36. The third kappa shape index (κ3) is 3.66. The van der Waals surface area contributed by atoms with Crippen LogP contribution < -0.4 is 5.56 Å². The van der Waals surface area contributed by atoms with Crippen LogP contribution in [0.2, 0.25) is 5.02 Å². The topological polar surface area (TPSA) is 91.4 Å². The van der Waals surface area contributed by atoms with Gasteiger partial charge in [-0.2, -0.15) is 5.10 Å². The Hall–Kier alpha value is -3.04. The summed E-state index contributed by atoms with van der Waals surface area (Å²) in [6, 6.07) is 6.50. The first-order valence-corrected chi connectivity index (χ1v) is 9.93. The van der Waals surface area contributed by atoms with Gasteiger partial charge in [0, 0.05) is 22.8 Å². The molecule has 4 aromatic rings. The molecule has 0 aliphatic rings. The van der Waals surface area contributed by atoms with Gasteiger partial charge in [-0.1, -0.05) is 11.6 Å². The van der Waals surface area contributed by atoms with Gasteiger partial charge >= 0.3 is 5.97 Å². The zero-order valence-corrected chi connectivity index (χ0v) is 17.4. The van der Waals surface area contributed by atoms with E-state index in [9.17, 15) is 9.59 Å². The minimum atomic E-state index is -0.706. The van der Waals surface area contributed by atoms with E-state index in [1.54, 1.807) is 16.8 Å². The van der Waals surface area contributed by atoms with E-state index in [0.29, 0.717) is 16.5 Å². The molecule has 0 bridgehead atoms. The molecule has 0 amide bonds. The molecule has 148 valence electrons. The lowest BCUT2D eigenvalue weighted by Crippen LogP contribution is -2.17. The molecule has 4 rings (SSSR count). The van der Waals surface area contributed by atoms with Crippen LogP contribution in [0, 0.1) is 20.8 Å². The molecule has 0 aromatic carbocycles. The fourth-order valence-corrected chi connectivity index (χ4v) is 4.01. The van der Waals surface area contributed by atoms with Crippen molar-refractivity contribution in [3.63, 3.8) is 0 Å². The molecule has 29 heavy (non-hydrogen) atoms. The van der Waals surface area contributed by atoms with Gasteiger partial charge in [0.2, 0.25) is 0 Å². The van der Waals surface area contributed by atoms with E-state index in [2.05, 4.69) is 15.1 Å². The number of fused-ring (bicyclic) bond motifs is 1. The van der Waals surface area contributed by atoms with Crippen LogP contribution in [-0.2, 0) is 11.3 Å². The Morgan fingerprint density at radius 2 is 1.97 bits per heavy atom. The first kappa shape index (κ1) is 19.3. The first-order valence-electron chi connectivity index (χ1n) is 8.67. The summed E-state index contributed by atoms with van der Waals surface area (Å²) in [5.41, 5.74) is 2.63. The van der Waals surface area contributed by atoms with Crippen molar-refractivity contribution in [1.29, 1.82) is 0 Å².